The van der Waals surface area contributed by atoms with Crippen molar-refractivity contribution in [2.75, 3.05) is 25.5 Å². The van der Waals surface area contributed by atoms with Crippen LogP contribution in [0, 0.1) is 5.92 Å². The highest BCUT2D eigenvalue weighted by molar-refractivity contribution is 5.94. The predicted octanol–water partition coefficient (Wildman–Crippen LogP) is 2.10. The third kappa shape index (κ3) is 3.29. The average Bonchev–Trinajstić information content (AvgIpc) is 3.22. The van der Waals surface area contributed by atoms with E-state index in [0.717, 1.165) is 0 Å². The van der Waals surface area contributed by atoms with E-state index in [2.05, 4.69) is 23.9 Å². The van der Waals surface area contributed by atoms with Gasteiger partial charge in [0.1, 0.15) is 6.04 Å². The highest BCUT2D eigenvalue weighted by atomic mass is 16.2. The maximum absolute atomic E-state index is 12.4. The van der Waals surface area contributed by atoms with Crippen LogP contribution < -0.4 is 5.32 Å². The van der Waals surface area contributed by atoms with Crippen LogP contribution in [0.4, 0.5) is 10.5 Å². The molecule has 1 saturated heterocycles. The summed E-state index contributed by atoms with van der Waals surface area (Å²) in [5, 5.41) is 7.17. The Bertz CT molecular complexity index is 637. The second-order valence-corrected chi connectivity index (χ2v) is 6.71. The fraction of sp³-hybridized carbons (Fsp3) is 0.588. The van der Waals surface area contributed by atoms with Gasteiger partial charge in [-0.05, 0) is 32.1 Å². The van der Waals surface area contributed by atoms with E-state index in [0.29, 0.717) is 37.2 Å². The zero-order valence-electron chi connectivity index (χ0n) is 14.3. The van der Waals surface area contributed by atoms with Crippen molar-refractivity contribution in [3.8, 4) is 0 Å². The Hall–Kier alpha value is -2.31. The number of urea groups is 1. The summed E-state index contributed by atoms with van der Waals surface area (Å²) < 4.78 is 1.90. The van der Waals surface area contributed by atoms with Crippen molar-refractivity contribution in [1.82, 2.24) is 19.6 Å². The number of rotatable bonds is 6. The van der Waals surface area contributed by atoms with Crippen molar-refractivity contribution < 1.29 is 9.59 Å². The molecular formula is C17H25N5O2. The molecule has 1 saturated carbocycles. The summed E-state index contributed by atoms with van der Waals surface area (Å²) in [6, 6.07) is -0.338. The maximum Gasteiger partial charge on any atom is 0.322 e. The standard InChI is InChI=1S/C17H25N5O2/c1-4-8-21-9-7-15(16(21)23)20(3)17(24)19-14-10-18-22(11-14)12(2)13-5-6-13/h4,10-13,15H,1,5-9H2,2-3H3,(H,19,24). The SMILES string of the molecule is C=CCN1CCC(N(C)C(=O)Nc2cnn(C(C)C3CC3)c2)C1=O. The van der Waals surface area contributed by atoms with E-state index in [-0.39, 0.29) is 11.9 Å². The molecule has 1 N–H and O–H groups in total. The number of hydrogen-bond donors (Lipinski definition) is 1. The van der Waals surface area contributed by atoms with E-state index >= 15 is 0 Å². The third-order valence-electron chi connectivity index (χ3n) is 4.98. The molecular weight excluding hydrogens is 306 g/mol. The number of aromatic nitrogens is 2. The van der Waals surface area contributed by atoms with Crippen molar-refractivity contribution in [3.05, 3.63) is 25.0 Å². The van der Waals surface area contributed by atoms with Crippen LogP contribution in [0.25, 0.3) is 0 Å². The number of anilines is 1. The van der Waals surface area contributed by atoms with Gasteiger partial charge >= 0.3 is 6.03 Å². The van der Waals surface area contributed by atoms with Crippen molar-refractivity contribution in [3.63, 3.8) is 0 Å². The monoisotopic (exact) mass is 331 g/mol. The molecule has 0 spiro atoms. The molecule has 1 aromatic rings. The first-order valence-electron chi connectivity index (χ1n) is 8.49. The maximum atomic E-state index is 12.4. The molecule has 0 aromatic carbocycles. The minimum atomic E-state index is -0.412. The highest BCUT2D eigenvalue weighted by Gasteiger charge is 2.36. The quantitative estimate of drug-likeness (QED) is 0.812. The first-order chi connectivity index (χ1) is 11.5. The molecule has 3 rings (SSSR count). The minimum absolute atomic E-state index is 0.0226. The number of carbonyl (C=O) groups excluding carboxylic acids is 2. The normalized spacial score (nSPS) is 21.7. The molecule has 2 fully saturated rings. The second kappa shape index (κ2) is 6.67. The van der Waals surface area contributed by atoms with E-state index in [1.165, 1.54) is 17.7 Å². The zero-order chi connectivity index (χ0) is 17.3. The van der Waals surface area contributed by atoms with Crippen LogP contribution in [0.2, 0.25) is 0 Å². The van der Waals surface area contributed by atoms with Gasteiger partial charge < -0.3 is 15.1 Å². The van der Waals surface area contributed by atoms with Gasteiger partial charge in [-0.15, -0.1) is 6.58 Å². The van der Waals surface area contributed by atoms with Gasteiger partial charge in [-0.2, -0.15) is 5.10 Å². The van der Waals surface area contributed by atoms with Gasteiger partial charge in [-0.3, -0.25) is 9.48 Å². The number of carbonyl (C=O) groups is 2. The summed E-state index contributed by atoms with van der Waals surface area (Å²) in [6.07, 6.45) is 8.36. The van der Waals surface area contributed by atoms with E-state index in [1.807, 2.05) is 10.9 Å². The lowest BCUT2D eigenvalue weighted by Crippen LogP contribution is -2.44. The summed E-state index contributed by atoms with van der Waals surface area (Å²) in [5.41, 5.74) is 0.660. The van der Waals surface area contributed by atoms with Crippen molar-refractivity contribution in [2.24, 2.45) is 5.92 Å². The van der Waals surface area contributed by atoms with Gasteiger partial charge in [0, 0.05) is 26.3 Å². The molecule has 1 aliphatic carbocycles. The third-order valence-corrected chi connectivity index (χ3v) is 4.98. The minimum Gasteiger partial charge on any atom is -0.337 e. The number of amides is 3. The molecule has 0 bridgehead atoms. The lowest BCUT2D eigenvalue weighted by Gasteiger charge is -2.23. The van der Waals surface area contributed by atoms with Crippen LogP contribution >= 0.6 is 0 Å². The Labute approximate surface area is 142 Å². The largest absolute Gasteiger partial charge is 0.337 e. The number of likely N-dealkylation sites (N-methyl/N-ethyl adjacent to an activating group) is 1. The molecule has 7 heteroatoms. The van der Waals surface area contributed by atoms with Gasteiger partial charge in [-0.1, -0.05) is 6.08 Å². The average molecular weight is 331 g/mol. The number of nitrogens with zero attached hydrogens (tertiary/aromatic N) is 4. The van der Waals surface area contributed by atoms with Crippen LogP contribution in [0.1, 0.15) is 32.2 Å². The lowest BCUT2D eigenvalue weighted by atomic mass is 10.2. The molecule has 2 atom stereocenters. The van der Waals surface area contributed by atoms with Crippen molar-refractivity contribution >= 4 is 17.6 Å². The summed E-state index contributed by atoms with van der Waals surface area (Å²) in [4.78, 5) is 27.9. The molecule has 0 radical (unpaired) electrons. The Balaban J connectivity index is 1.58. The molecule has 2 heterocycles. The molecule has 1 aliphatic heterocycles. The second-order valence-electron chi connectivity index (χ2n) is 6.71. The molecule has 2 aliphatic rings. The van der Waals surface area contributed by atoms with Crippen LogP contribution in [0.5, 0.6) is 0 Å². The first kappa shape index (κ1) is 16.5. The van der Waals surface area contributed by atoms with Gasteiger partial charge in [0.15, 0.2) is 0 Å². The fourth-order valence-electron chi connectivity index (χ4n) is 3.19. The van der Waals surface area contributed by atoms with Crippen LogP contribution in [0.15, 0.2) is 25.0 Å². The molecule has 3 amide bonds. The zero-order valence-corrected chi connectivity index (χ0v) is 14.3. The molecule has 1 aromatic heterocycles. The van der Waals surface area contributed by atoms with Crippen LogP contribution in [-0.2, 0) is 4.79 Å². The Morgan fingerprint density at radius 2 is 2.29 bits per heavy atom. The number of nitrogens with one attached hydrogen (secondary N) is 1. The Kier molecular flexibility index (Phi) is 4.59. The van der Waals surface area contributed by atoms with Gasteiger partial charge in [-0.25, -0.2) is 4.79 Å². The lowest BCUT2D eigenvalue weighted by molar-refractivity contribution is -0.130. The Morgan fingerprint density at radius 3 is 2.96 bits per heavy atom. The summed E-state index contributed by atoms with van der Waals surface area (Å²) in [6.45, 7) is 6.98. The van der Waals surface area contributed by atoms with E-state index in [4.69, 9.17) is 0 Å². The van der Waals surface area contributed by atoms with Gasteiger partial charge in [0.2, 0.25) is 5.91 Å². The van der Waals surface area contributed by atoms with E-state index in [1.54, 1.807) is 24.2 Å². The first-order valence-corrected chi connectivity index (χ1v) is 8.49. The van der Waals surface area contributed by atoms with E-state index < -0.39 is 6.04 Å². The molecule has 130 valence electrons. The summed E-state index contributed by atoms with van der Waals surface area (Å²) >= 11 is 0. The van der Waals surface area contributed by atoms with Crippen LogP contribution in [0.3, 0.4) is 0 Å². The van der Waals surface area contributed by atoms with Crippen LogP contribution in [-0.4, -0.2) is 57.7 Å². The Morgan fingerprint density at radius 1 is 1.54 bits per heavy atom. The fourth-order valence-corrected chi connectivity index (χ4v) is 3.19. The number of likely N-dealkylation sites (tertiary alicyclic amines) is 1. The highest BCUT2D eigenvalue weighted by Crippen LogP contribution is 2.39. The van der Waals surface area contributed by atoms with Gasteiger partial charge in [0.25, 0.3) is 0 Å². The van der Waals surface area contributed by atoms with Crippen molar-refractivity contribution in [1.29, 1.82) is 0 Å². The number of hydrogen-bond acceptors (Lipinski definition) is 3. The predicted molar refractivity (Wildman–Crippen MR) is 91.6 cm³/mol. The van der Waals surface area contributed by atoms with E-state index in [9.17, 15) is 9.59 Å². The smallest absolute Gasteiger partial charge is 0.322 e. The molecule has 2 unspecified atom stereocenters. The molecule has 7 nitrogen and oxygen atoms in total. The summed E-state index contributed by atoms with van der Waals surface area (Å²) in [7, 11) is 1.66. The topological polar surface area (TPSA) is 70.5 Å². The molecule has 24 heavy (non-hydrogen) atoms. The van der Waals surface area contributed by atoms with Crippen molar-refractivity contribution in [2.45, 2.75) is 38.3 Å². The summed E-state index contributed by atoms with van der Waals surface area (Å²) in [5.74, 6) is 0.675. The van der Waals surface area contributed by atoms with Gasteiger partial charge in [0.05, 0.1) is 17.9 Å².